The first-order valence-corrected chi connectivity index (χ1v) is 5.60. The normalized spacial score (nSPS) is 10.1. The van der Waals surface area contributed by atoms with Crippen molar-refractivity contribution in [2.75, 3.05) is 12.4 Å². The Hall–Kier alpha value is -1.02. The van der Waals surface area contributed by atoms with E-state index in [0.29, 0.717) is 12.4 Å². The van der Waals surface area contributed by atoms with Crippen LogP contribution in [0.15, 0.2) is 18.2 Å². The summed E-state index contributed by atoms with van der Waals surface area (Å²) in [7, 11) is 0. The zero-order valence-electron chi connectivity index (χ0n) is 9.14. The molecule has 1 aromatic rings. The molecule has 0 saturated carbocycles. The van der Waals surface area contributed by atoms with Crippen molar-refractivity contribution >= 4 is 17.5 Å². The summed E-state index contributed by atoms with van der Waals surface area (Å²) in [5.74, 6) is 0.564. The highest BCUT2D eigenvalue weighted by Crippen LogP contribution is 2.12. The van der Waals surface area contributed by atoms with Crippen LogP contribution in [0.4, 0.5) is 0 Å². The highest BCUT2D eigenvalue weighted by Gasteiger charge is 2.08. The second-order valence-electron chi connectivity index (χ2n) is 3.55. The predicted octanol–water partition coefficient (Wildman–Crippen LogP) is 2.66. The molecule has 0 fully saturated rings. The van der Waals surface area contributed by atoms with Gasteiger partial charge < -0.3 is 5.32 Å². The van der Waals surface area contributed by atoms with Crippen LogP contribution in [0, 0.1) is 13.8 Å². The number of rotatable bonds is 4. The number of halogens is 1. The Morgan fingerprint density at radius 1 is 1.40 bits per heavy atom. The van der Waals surface area contributed by atoms with Crippen molar-refractivity contribution in [3.8, 4) is 0 Å². The van der Waals surface area contributed by atoms with Gasteiger partial charge in [-0.1, -0.05) is 12.1 Å². The molecule has 0 radical (unpaired) electrons. The summed E-state index contributed by atoms with van der Waals surface area (Å²) in [6.45, 7) is 4.60. The Balaban J connectivity index is 2.69. The maximum Gasteiger partial charge on any atom is 0.251 e. The average molecular weight is 226 g/mol. The first-order valence-electron chi connectivity index (χ1n) is 5.07. The van der Waals surface area contributed by atoms with E-state index >= 15 is 0 Å². The second-order valence-corrected chi connectivity index (χ2v) is 3.92. The number of carbonyl (C=O) groups is 1. The van der Waals surface area contributed by atoms with Crippen molar-refractivity contribution in [3.05, 3.63) is 34.9 Å². The minimum Gasteiger partial charge on any atom is -0.352 e. The maximum absolute atomic E-state index is 11.7. The molecule has 1 amide bonds. The van der Waals surface area contributed by atoms with Crippen LogP contribution in [0.2, 0.25) is 0 Å². The van der Waals surface area contributed by atoms with E-state index in [0.717, 1.165) is 23.1 Å². The van der Waals surface area contributed by atoms with Gasteiger partial charge in [-0.2, -0.15) is 0 Å². The topological polar surface area (TPSA) is 29.1 Å². The third-order valence-corrected chi connectivity index (χ3v) is 2.71. The standard InChI is InChI=1S/C12H16ClNO/c1-9-5-3-6-11(10(9)2)12(15)14-8-4-7-13/h3,5-6H,4,7-8H2,1-2H3,(H,14,15). The highest BCUT2D eigenvalue weighted by molar-refractivity contribution is 6.17. The third-order valence-electron chi connectivity index (χ3n) is 2.45. The largest absolute Gasteiger partial charge is 0.352 e. The fraction of sp³-hybridized carbons (Fsp3) is 0.417. The molecule has 15 heavy (non-hydrogen) atoms. The van der Waals surface area contributed by atoms with Gasteiger partial charge in [0.15, 0.2) is 0 Å². The predicted molar refractivity (Wildman–Crippen MR) is 63.6 cm³/mol. The molecule has 2 nitrogen and oxygen atoms in total. The summed E-state index contributed by atoms with van der Waals surface area (Å²) in [5, 5.41) is 2.84. The van der Waals surface area contributed by atoms with Gasteiger partial charge in [0.1, 0.15) is 0 Å². The van der Waals surface area contributed by atoms with Crippen LogP contribution in [-0.4, -0.2) is 18.3 Å². The van der Waals surface area contributed by atoms with Crippen LogP contribution >= 0.6 is 11.6 Å². The quantitative estimate of drug-likeness (QED) is 0.620. The number of amides is 1. The number of benzene rings is 1. The zero-order valence-corrected chi connectivity index (χ0v) is 9.90. The van der Waals surface area contributed by atoms with Crippen LogP contribution in [0.25, 0.3) is 0 Å². The van der Waals surface area contributed by atoms with Crippen LogP contribution in [-0.2, 0) is 0 Å². The molecule has 0 spiro atoms. The molecule has 0 aliphatic heterocycles. The number of alkyl halides is 1. The van der Waals surface area contributed by atoms with Gasteiger partial charge in [0.05, 0.1) is 0 Å². The summed E-state index contributed by atoms with van der Waals surface area (Å²) >= 11 is 5.54. The first kappa shape index (κ1) is 12.1. The molecular formula is C12H16ClNO. The summed E-state index contributed by atoms with van der Waals surface area (Å²) < 4.78 is 0. The van der Waals surface area contributed by atoms with E-state index < -0.39 is 0 Å². The van der Waals surface area contributed by atoms with E-state index in [1.165, 1.54) is 0 Å². The molecule has 0 bridgehead atoms. The molecule has 82 valence electrons. The Labute approximate surface area is 95.6 Å². The van der Waals surface area contributed by atoms with Gasteiger partial charge in [-0.25, -0.2) is 0 Å². The van der Waals surface area contributed by atoms with Gasteiger partial charge >= 0.3 is 0 Å². The Bertz CT molecular complexity index is 349. The lowest BCUT2D eigenvalue weighted by Crippen LogP contribution is -2.25. The van der Waals surface area contributed by atoms with Gasteiger partial charge in [0.25, 0.3) is 5.91 Å². The first-order chi connectivity index (χ1) is 7.16. The van der Waals surface area contributed by atoms with E-state index in [1.54, 1.807) is 0 Å². The molecule has 0 saturated heterocycles. The smallest absolute Gasteiger partial charge is 0.251 e. The van der Waals surface area contributed by atoms with Crippen molar-refractivity contribution in [1.29, 1.82) is 0 Å². The van der Waals surface area contributed by atoms with Gasteiger partial charge in [-0.15, -0.1) is 11.6 Å². The number of hydrogen-bond donors (Lipinski definition) is 1. The number of aryl methyl sites for hydroxylation is 1. The molecule has 0 heterocycles. The average Bonchev–Trinajstić information content (AvgIpc) is 2.22. The monoisotopic (exact) mass is 225 g/mol. The molecule has 0 atom stereocenters. The van der Waals surface area contributed by atoms with Crippen molar-refractivity contribution in [2.24, 2.45) is 0 Å². The van der Waals surface area contributed by atoms with Crippen molar-refractivity contribution in [3.63, 3.8) is 0 Å². The lowest BCUT2D eigenvalue weighted by atomic mass is 10.0. The second kappa shape index (κ2) is 5.76. The summed E-state index contributed by atoms with van der Waals surface area (Å²) in [5.41, 5.74) is 2.94. The summed E-state index contributed by atoms with van der Waals surface area (Å²) in [4.78, 5) is 11.7. The lowest BCUT2D eigenvalue weighted by Gasteiger charge is -2.08. The number of hydrogen-bond acceptors (Lipinski definition) is 1. The van der Waals surface area contributed by atoms with Gasteiger partial charge in [0, 0.05) is 18.0 Å². The Kier molecular flexibility index (Phi) is 4.63. The summed E-state index contributed by atoms with van der Waals surface area (Å²) in [6.07, 6.45) is 0.804. The van der Waals surface area contributed by atoms with Gasteiger partial charge in [-0.3, -0.25) is 4.79 Å². The zero-order chi connectivity index (χ0) is 11.3. The van der Waals surface area contributed by atoms with Gasteiger partial charge in [0.2, 0.25) is 0 Å². The molecule has 1 rings (SSSR count). The molecule has 1 N–H and O–H groups in total. The minimum atomic E-state index is -0.0127. The maximum atomic E-state index is 11.7. The SMILES string of the molecule is Cc1cccc(C(=O)NCCCCl)c1C. The lowest BCUT2D eigenvalue weighted by molar-refractivity contribution is 0.0953. The van der Waals surface area contributed by atoms with Crippen molar-refractivity contribution in [1.82, 2.24) is 5.32 Å². The summed E-state index contributed by atoms with van der Waals surface area (Å²) in [6, 6.07) is 5.75. The van der Waals surface area contributed by atoms with Crippen molar-refractivity contribution < 1.29 is 4.79 Å². The van der Waals surface area contributed by atoms with E-state index in [1.807, 2.05) is 32.0 Å². The fourth-order valence-electron chi connectivity index (χ4n) is 1.36. The highest BCUT2D eigenvalue weighted by atomic mass is 35.5. The molecule has 0 unspecified atom stereocenters. The van der Waals surface area contributed by atoms with Crippen LogP contribution < -0.4 is 5.32 Å². The van der Waals surface area contributed by atoms with E-state index in [2.05, 4.69) is 5.32 Å². The van der Waals surface area contributed by atoms with Crippen LogP contribution in [0.1, 0.15) is 27.9 Å². The van der Waals surface area contributed by atoms with E-state index in [-0.39, 0.29) is 5.91 Å². The molecule has 0 aliphatic carbocycles. The van der Waals surface area contributed by atoms with Gasteiger partial charge in [-0.05, 0) is 37.5 Å². The molecule has 0 aliphatic rings. The van der Waals surface area contributed by atoms with E-state index in [9.17, 15) is 4.79 Å². The molecule has 3 heteroatoms. The number of nitrogens with one attached hydrogen (secondary N) is 1. The third kappa shape index (κ3) is 3.24. The van der Waals surface area contributed by atoms with Crippen LogP contribution in [0.5, 0.6) is 0 Å². The molecular weight excluding hydrogens is 210 g/mol. The Morgan fingerprint density at radius 2 is 2.13 bits per heavy atom. The molecule has 1 aromatic carbocycles. The van der Waals surface area contributed by atoms with E-state index in [4.69, 9.17) is 11.6 Å². The van der Waals surface area contributed by atoms with Crippen molar-refractivity contribution in [2.45, 2.75) is 20.3 Å². The number of carbonyl (C=O) groups excluding carboxylic acids is 1. The van der Waals surface area contributed by atoms with Crippen LogP contribution in [0.3, 0.4) is 0 Å². The molecule has 0 aromatic heterocycles. The minimum absolute atomic E-state index is 0.0127. The Morgan fingerprint density at radius 3 is 2.80 bits per heavy atom. The fourth-order valence-corrected chi connectivity index (χ4v) is 1.49.